The van der Waals surface area contributed by atoms with Crippen molar-refractivity contribution in [1.29, 1.82) is 0 Å². The second-order valence-electron chi connectivity index (χ2n) is 5.37. The van der Waals surface area contributed by atoms with Crippen molar-refractivity contribution in [2.24, 2.45) is 5.92 Å². The Labute approximate surface area is 96.4 Å². The second-order valence-corrected chi connectivity index (χ2v) is 5.37. The second kappa shape index (κ2) is 4.17. The van der Waals surface area contributed by atoms with E-state index in [1.807, 2.05) is 6.33 Å². The van der Waals surface area contributed by atoms with E-state index in [1.54, 1.807) is 0 Å². The van der Waals surface area contributed by atoms with Crippen LogP contribution in [0.4, 0.5) is 0 Å². The summed E-state index contributed by atoms with van der Waals surface area (Å²) in [7, 11) is 0. The van der Waals surface area contributed by atoms with E-state index in [9.17, 15) is 0 Å². The lowest BCUT2D eigenvalue weighted by molar-refractivity contribution is 0.298. The molecule has 1 saturated heterocycles. The summed E-state index contributed by atoms with van der Waals surface area (Å²) in [6, 6.07) is 0.601. The normalized spacial score (nSPS) is 31.3. The van der Waals surface area contributed by atoms with Crippen molar-refractivity contribution in [3.63, 3.8) is 0 Å². The van der Waals surface area contributed by atoms with Gasteiger partial charge in [0.05, 0.1) is 6.04 Å². The lowest BCUT2D eigenvalue weighted by Gasteiger charge is -2.32. The first-order valence-electron chi connectivity index (χ1n) is 6.44. The van der Waals surface area contributed by atoms with Gasteiger partial charge in [0, 0.05) is 19.0 Å². The third kappa shape index (κ3) is 1.75. The molecule has 1 aromatic heterocycles. The van der Waals surface area contributed by atoms with Crippen LogP contribution in [0.3, 0.4) is 0 Å². The third-order valence-corrected chi connectivity index (χ3v) is 4.14. The van der Waals surface area contributed by atoms with Crippen molar-refractivity contribution >= 4 is 0 Å². The van der Waals surface area contributed by atoms with Gasteiger partial charge in [-0.05, 0) is 18.8 Å². The zero-order valence-electron chi connectivity index (χ0n) is 9.89. The molecular formula is C12H20N4. The summed E-state index contributed by atoms with van der Waals surface area (Å²) in [6.45, 7) is 4.51. The predicted octanol–water partition coefficient (Wildman–Crippen LogP) is 1.72. The molecule has 2 heterocycles. The fraction of sp³-hybridized carbons (Fsp3) is 0.833. The van der Waals surface area contributed by atoms with Gasteiger partial charge in [0.15, 0.2) is 0 Å². The minimum atomic E-state index is 0.601. The molecule has 1 aliphatic carbocycles. The zero-order chi connectivity index (χ0) is 11.0. The monoisotopic (exact) mass is 220 g/mol. The van der Waals surface area contributed by atoms with E-state index < -0.39 is 0 Å². The molecule has 2 aliphatic rings. The van der Waals surface area contributed by atoms with E-state index in [-0.39, 0.29) is 0 Å². The average molecular weight is 220 g/mol. The molecule has 0 spiro atoms. The molecule has 1 saturated carbocycles. The van der Waals surface area contributed by atoms with E-state index in [0.717, 1.165) is 19.0 Å². The Hall–Kier alpha value is -0.900. The fourth-order valence-corrected chi connectivity index (χ4v) is 2.81. The average Bonchev–Trinajstić information content (AvgIpc) is 2.65. The van der Waals surface area contributed by atoms with Crippen LogP contribution in [0.5, 0.6) is 0 Å². The highest BCUT2D eigenvalue weighted by Gasteiger charge is 2.28. The summed E-state index contributed by atoms with van der Waals surface area (Å²) < 4.78 is 2.30. The van der Waals surface area contributed by atoms with Gasteiger partial charge in [0.1, 0.15) is 12.2 Å². The molecule has 0 aromatic carbocycles. The van der Waals surface area contributed by atoms with E-state index in [4.69, 9.17) is 0 Å². The molecule has 1 aromatic rings. The molecule has 4 nitrogen and oxygen atoms in total. The van der Waals surface area contributed by atoms with Crippen LogP contribution < -0.4 is 5.32 Å². The molecule has 0 bridgehead atoms. The van der Waals surface area contributed by atoms with Crippen molar-refractivity contribution in [2.45, 2.75) is 44.6 Å². The van der Waals surface area contributed by atoms with E-state index in [1.165, 1.54) is 31.5 Å². The van der Waals surface area contributed by atoms with Crippen molar-refractivity contribution in [2.75, 3.05) is 13.1 Å². The first-order valence-corrected chi connectivity index (χ1v) is 6.44. The highest BCUT2D eigenvalue weighted by Crippen LogP contribution is 2.35. The molecule has 2 fully saturated rings. The van der Waals surface area contributed by atoms with Gasteiger partial charge in [-0.2, -0.15) is 0 Å². The smallest absolute Gasteiger partial charge is 0.136 e. The number of nitrogens with zero attached hydrogens (tertiary/aromatic N) is 3. The predicted molar refractivity (Wildman–Crippen MR) is 62.3 cm³/mol. The van der Waals surface area contributed by atoms with Crippen molar-refractivity contribution in [3.05, 3.63) is 12.2 Å². The van der Waals surface area contributed by atoms with E-state index >= 15 is 0 Å². The van der Waals surface area contributed by atoms with Gasteiger partial charge in [-0.25, -0.2) is 0 Å². The molecule has 0 amide bonds. The van der Waals surface area contributed by atoms with Crippen LogP contribution in [-0.2, 0) is 0 Å². The Kier molecular flexibility index (Phi) is 2.67. The van der Waals surface area contributed by atoms with Crippen LogP contribution in [0.2, 0.25) is 0 Å². The van der Waals surface area contributed by atoms with Gasteiger partial charge in [0.25, 0.3) is 0 Å². The Morgan fingerprint density at radius 2 is 2.00 bits per heavy atom. The van der Waals surface area contributed by atoms with Gasteiger partial charge < -0.3 is 9.88 Å². The molecule has 0 atom stereocenters. The molecule has 88 valence electrons. The minimum absolute atomic E-state index is 0.601. The molecule has 1 aliphatic heterocycles. The summed E-state index contributed by atoms with van der Waals surface area (Å²) in [5, 5.41) is 11.8. The van der Waals surface area contributed by atoms with Gasteiger partial charge in [-0.1, -0.05) is 19.8 Å². The maximum Gasteiger partial charge on any atom is 0.136 e. The van der Waals surface area contributed by atoms with E-state index in [2.05, 4.69) is 27.0 Å². The standard InChI is InChI=1S/C12H20N4/c1-9-2-4-10(5-3-9)12-15-14-8-16(12)11-6-13-7-11/h8-11,13H,2-7H2,1H3. The quantitative estimate of drug-likeness (QED) is 0.825. The molecule has 3 rings (SSSR count). The van der Waals surface area contributed by atoms with Crippen LogP contribution in [0.25, 0.3) is 0 Å². The van der Waals surface area contributed by atoms with Crippen molar-refractivity contribution in [1.82, 2.24) is 20.1 Å². The zero-order valence-corrected chi connectivity index (χ0v) is 9.89. The summed E-state index contributed by atoms with van der Waals surface area (Å²) >= 11 is 0. The number of rotatable bonds is 2. The maximum atomic E-state index is 4.35. The van der Waals surface area contributed by atoms with Gasteiger partial charge in [-0.3, -0.25) is 0 Å². The van der Waals surface area contributed by atoms with Crippen molar-refractivity contribution in [3.8, 4) is 0 Å². The highest BCUT2D eigenvalue weighted by molar-refractivity contribution is 5.02. The molecular weight excluding hydrogens is 200 g/mol. The number of hydrogen-bond donors (Lipinski definition) is 1. The summed E-state index contributed by atoms with van der Waals surface area (Å²) in [5.74, 6) is 2.79. The summed E-state index contributed by atoms with van der Waals surface area (Å²) in [4.78, 5) is 0. The Morgan fingerprint density at radius 1 is 1.25 bits per heavy atom. The van der Waals surface area contributed by atoms with Crippen LogP contribution in [0, 0.1) is 5.92 Å². The fourth-order valence-electron chi connectivity index (χ4n) is 2.81. The van der Waals surface area contributed by atoms with E-state index in [0.29, 0.717) is 12.0 Å². The number of hydrogen-bond acceptors (Lipinski definition) is 3. The third-order valence-electron chi connectivity index (χ3n) is 4.14. The Bertz CT molecular complexity index is 348. The van der Waals surface area contributed by atoms with Crippen LogP contribution in [-0.4, -0.2) is 27.9 Å². The first kappa shape index (κ1) is 10.3. The lowest BCUT2D eigenvalue weighted by atomic mass is 9.82. The van der Waals surface area contributed by atoms with Crippen molar-refractivity contribution < 1.29 is 0 Å². The Balaban J connectivity index is 1.75. The van der Waals surface area contributed by atoms with Gasteiger partial charge in [0.2, 0.25) is 0 Å². The number of nitrogens with one attached hydrogen (secondary N) is 1. The number of aromatic nitrogens is 3. The highest BCUT2D eigenvalue weighted by atomic mass is 15.3. The first-order chi connectivity index (χ1) is 7.84. The minimum Gasteiger partial charge on any atom is -0.313 e. The molecule has 16 heavy (non-hydrogen) atoms. The lowest BCUT2D eigenvalue weighted by Crippen LogP contribution is -2.44. The maximum absolute atomic E-state index is 4.35. The topological polar surface area (TPSA) is 42.7 Å². The summed E-state index contributed by atoms with van der Waals surface area (Å²) in [5.41, 5.74) is 0. The van der Waals surface area contributed by atoms with Gasteiger partial charge >= 0.3 is 0 Å². The van der Waals surface area contributed by atoms with Crippen LogP contribution >= 0.6 is 0 Å². The largest absolute Gasteiger partial charge is 0.313 e. The van der Waals surface area contributed by atoms with Gasteiger partial charge in [-0.15, -0.1) is 10.2 Å². The molecule has 0 radical (unpaired) electrons. The summed E-state index contributed by atoms with van der Waals surface area (Å²) in [6.07, 6.45) is 7.19. The SMILES string of the molecule is CC1CCC(c2nncn2C2CNC2)CC1. The molecule has 0 unspecified atom stereocenters. The van der Waals surface area contributed by atoms with Crippen LogP contribution in [0.15, 0.2) is 6.33 Å². The van der Waals surface area contributed by atoms with Crippen LogP contribution in [0.1, 0.15) is 50.4 Å². The molecule has 1 N–H and O–H groups in total. The Morgan fingerprint density at radius 3 is 2.62 bits per heavy atom. The molecule has 4 heteroatoms.